The maximum atomic E-state index is 13.1. The van der Waals surface area contributed by atoms with Crippen LogP contribution in [-0.4, -0.2) is 70.4 Å². The summed E-state index contributed by atoms with van der Waals surface area (Å²) in [6, 6.07) is 4.71. The van der Waals surface area contributed by atoms with Gasteiger partial charge in [0.25, 0.3) is 0 Å². The van der Waals surface area contributed by atoms with Gasteiger partial charge in [0, 0.05) is 32.3 Å². The molecule has 1 aliphatic carbocycles. The predicted octanol–water partition coefficient (Wildman–Crippen LogP) is 2.75. The van der Waals surface area contributed by atoms with Gasteiger partial charge in [0.15, 0.2) is 0 Å². The highest BCUT2D eigenvalue weighted by Crippen LogP contribution is 2.28. The van der Waals surface area contributed by atoms with Crippen molar-refractivity contribution in [3.8, 4) is 0 Å². The second-order valence-electron chi connectivity index (χ2n) is 8.67. The summed E-state index contributed by atoms with van der Waals surface area (Å²) in [6.07, 6.45) is 7.54. The summed E-state index contributed by atoms with van der Waals surface area (Å²) in [5.74, 6) is 0. The lowest BCUT2D eigenvalue weighted by Gasteiger charge is -2.27. The molecule has 0 bridgehead atoms. The number of ether oxygens (including phenoxy) is 2. The SMILES string of the molecule is O=C(Nc1cc(S(=O)(=O)N2CCOCC2)ccc1NC[C@H]1CCCO1)NC1CCCCC1. The van der Waals surface area contributed by atoms with Crippen molar-refractivity contribution in [2.45, 2.75) is 62.0 Å². The number of hydrogen-bond acceptors (Lipinski definition) is 6. The van der Waals surface area contributed by atoms with E-state index in [1.165, 1.54) is 10.7 Å². The molecule has 1 saturated carbocycles. The third kappa shape index (κ3) is 5.92. The number of sulfonamides is 1. The molecule has 0 aromatic heterocycles. The molecule has 9 nitrogen and oxygen atoms in total. The summed E-state index contributed by atoms with van der Waals surface area (Å²) in [5, 5.41) is 9.25. The van der Waals surface area contributed by atoms with Gasteiger partial charge in [-0.2, -0.15) is 4.31 Å². The number of anilines is 2. The average Bonchev–Trinajstić information content (AvgIpc) is 3.33. The Morgan fingerprint density at radius 3 is 2.50 bits per heavy atom. The molecule has 1 aromatic rings. The van der Waals surface area contributed by atoms with Gasteiger partial charge in [0.05, 0.1) is 35.6 Å². The molecule has 3 fully saturated rings. The first-order valence-corrected chi connectivity index (χ1v) is 13.1. The maximum absolute atomic E-state index is 13.1. The van der Waals surface area contributed by atoms with Crippen LogP contribution >= 0.6 is 0 Å². The van der Waals surface area contributed by atoms with E-state index in [2.05, 4.69) is 16.0 Å². The van der Waals surface area contributed by atoms with Crippen molar-refractivity contribution in [3.63, 3.8) is 0 Å². The molecule has 4 rings (SSSR count). The summed E-state index contributed by atoms with van der Waals surface area (Å²) in [4.78, 5) is 12.9. The van der Waals surface area contributed by atoms with E-state index in [0.717, 1.165) is 45.1 Å². The van der Waals surface area contributed by atoms with Gasteiger partial charge >= 0.3 is 6.03 Å². The molecule has 2 saturated heterocycles. The topological polar surface area (TPSA) is 109 Å². The molecule has 3 N–H and O–H groups in total. The fourth-order valence-corrected chi connectivity index (χ4v) is 5.93. The highest BCUT2D eigenvalue weighted by Gasteiger charge is 2.27. The number of nitrogens with one attached hydrogen (secondary N) is 3. The second-order valence-corrected chi connectivity index (χ2v) is 10.6. The Hall–Kier alpha value is -1.88. The zero-order valence-electron chi connectivity index (χ0n) is 18.5. The van der Waals surface area contributed by atoms with E-state index < -0.39 is 10.0 Å². The Kier molecular flexibility index (Phi) is 7.88. The lowest BCUT2D eigenvalue weighted by atomic mass is 9.96. The van der Waals surface area contributed by atoms with Crippen LogP contribution in [0.4, 0.5) is 16.2 Å². The summed E-state index contributed by atoms with van der Waals surface area (Å²) < 4.78 is 38.6. The highest BCUT2D eigenvalue weighted by atomic mass is 32.2. The number of benzene rings is 1. The van der Waals surface area contributed by atoms with Gasteiger partial charge in [0.2, 0.25) is 10.0 Å². The molecule has 2 amide bonds. The summed E-state index contributed by atoms with van der Waals surface area (Å²) in [5.41, 5.74) is 1.13. The van der Waals surface area contributed by atoms with E-state index in [9.17, 15) is 13.2 Å². The third-order valence-electron chi connectivity index (χ3n) is 6.33. The molecule has 10 heteroatoms. The van der Waals surface area contributed by atoms with Crippen molar-refractivity contribution in [1.29, 1.82) is 0 Å². The molecule has 2 heterocycles. The minimum absolute atomic E-state index is 0.121. The predicted molar refractivity (Wildman–Crippen MR) is 123 cm³/mol. The lowest BCUT2D eigenvalue weighted by molar-refractivity contribution is 0.0730. The number of carbonyl (C=O) groups is 1. The average molecular weight is 467 g/mol. The van der Waals surface area contributed by atoms with Crippen LogP contribution in [0.5, 0.6) is 0 Å². The van der Waals surface area contributed by atoms with E-state index in [1.807, 2.05) is 0 Å². The van der Waals surface area contributed by atoms with E-state index in [-0.39, 0.29) is 23.1 Å². The molecule has 0 unspecified atom stereocenters. The van der Waals surface area contributed by atoms with Gasteiger partial charge in [-0.05, 0) is 43.9 Å². The molecule has 1 aromatic carbocycles. The van der Waals surface area contributed by atoms with Crippen LogP contribution in [0.15, 0.2) is 23.1 Å². The molecule has 2 aliphatic heterocycles. The largest absolute Gasteiger partial charge is 0.381 e. The molecule has 3 aliphatic rings. The van der Waals surface area contributed by atoms with Gasteiger partial charge < -0.3 is 25.4 Å². The Balaban J connectivity index is 1.51. The van der Waals surface area contributed by atoms with Crippen molar-refractivity contribution in [2.24, 2.45) is 0 Å². The van der Waals surface area contributed by atoms with Crippen LogP contribution in [0.3, 0.4) is 0 Å². The van der Waals surface area contributed by atoms with Crippen LogP contribution < -0.4 is 16.0 Å². The number of hydrogen-bond donors (Lipinski definition) is 3. The standard InChI is InChI=1S/C22H34N4O5S/c27-22(24-17-5-2-1-3-6-17)25-21-15-19(32(28,29)26-10-13-30-14-11-26)8-9-20(21)23-16-18-7-4-12-31-18/h8-9,15,17-18,23H,1-7,10-14,16H2,(H2,24,25,27)/t18-/m1/s1. The molecule has 1 atom stereocenters. The second kappa shape index (κ2) is 10.8. The van der Waals surface area contributed by atoms with Crippen molar-refractivity contribution in [2.75, 3.05) is 50.1 Å². The fourth-order valence-electron chi connectivity index (χ4n) is 4.50. The van der Waals surface area contributed by atoms with Crippen LogP contribution in [0.25, 0.3) is 0 Å². The normalized spacial score (nSPS) is 23.1. The number of amides is 2. The minimum atomic E-state index is -3.67. The number of urea groups is 1. The van der Waals surface area contributed by atoms with Gasteiger partial charge in [-0.3, -0.25) is 0 Å². The first kappa shape index (κ1) is 23.3. The number of carbonyl (C=O) groups excluding carboxylic acids is 1. The quantitative estimate of drug-likeness (QED) is 0.570. The van der Waals surface area contributed by atoms with Crippen molar-refractivity contribution in [1.82, 2.24) is 9.62 Å². The Labute approximate surface area is 190 Å². The number of rotatable bonds is 7. The van der Waals surface area contributed by atoms with Gasteiger partial charge in [0.1, 0.15) is 0 Å². The van der Waals surface area contributed by atoms with Crippen molar-refractivity contribution in [3.05, 3.63) is 18.2 Å². The summed E-state index contributed by atoms with van der Waals surface area (Å²) >= 11 is 0. The maximum Gasteiger partial charge on any atom is 0.319 e. The monoisotopic (exact) mass is 466 g/mol. The van der Waals surface area contributed by atoms with Crippen LogP contribution in [0.2, 0.25) is 0 Å². The molecular weight excluding hydrogens is 432 g/mol. The summed E-state index contributed by atoms with van der Waals surface area (Å²) in [6.45, 7) is 2.79. The first-order chi connectivity index (χ1) is 15.5. The Morgan fingerprint density at radius 1 is 1.00 bits per heavy atom. The highest BCUT2D eigenvalue weighted by molar-refractivity contribution is 7.89. The number of nitrogens with zero attached hydrogens (tertiary/aromatic N) is 1. The van der Waals surface area contributed by atoms with E-state index >= 15 is 0 Å². The van der Waals surface area contributed by atoms with Gasteiger partial charge in [-0.25, -0.2) is 13.2 Å². The van der Waals surface area contributed by atoms with Crippen molar-refractivity contribution >= 4 is 27.4 Å². The van der Waals surface area contributed by atoms with Crippen molar-refractivity contribution < 1.29 is 22.7 Å². The van der Waals surface area contributed by atoms with Crippen LogP contribution in [0.1, 0.15) is 44.9 Å². The Morgan fingerprint density at radius 2 is 1.78 bits per heavy atom. The van der Waals surface area contributed by atoms with E-state index in [0.29, 0.717) is 44.2 Å². The smallest absolute Gasteiger partial charge is 0.319 e. The molecule has 0 radical (unpaired) electrons. The van der Waals surface area contributed by atoms with E-state index in [1.54, 1.807) is 18.2 Å². The van der Waals surface area contributed by atoms with Crippen LogP contribution in [0, 0.1) is 0 Å². The van der Waals surface area contributed by atoms with Gasteiger partial charge in [-0.15, -0.1) is 0 Å². The zero-order chi connectivity index (χ0) is 22.4. The number of morpholine rings is 1. The zero-order valence-corrected chi connectivity index (χ0v) is 19.3. The molecular formula is C22H34N4O5S. The van der Waals surface area contributed by atoms with E-state index in [4.69, 9.17) is 9.47 Å². The fraction of sp³-hybridized carbons (Fsp3) is 0.682. The first-order valence-electron chi connectivity index (χ1n) is 11.7. The van der Waals surface area contributed by atoms with Crippen LogP contribution in [-0.2, 0) is 19.5 Å². The summed E-state index contributed by atoms with van der Waals surface area (Å²) in [7, 11) is -3.67. The Bertz CT molecular complexity index is 876. The lowest BCUT2D eigenvalue weighted by Crippen LogP contribution is -2.40. The third-order valence-corrected chi connectivity index (χ3v) is 8.23. The molecule has 0 spiro atoms. The minimum Gasteiger partial charge on any atom is -0.381 e. The van der Waals surface area contributed by atoms with Gasteiger partial charge in [-0.1, -0.05) is 19.3 Å². The molecule has 32 heavy (non-hydrogen) atoms. The molecule has 178 valence electrons.